The highest BCUT2D eigenvalue weighted by atomic mass is 32.1. The molecule has 0 atom stereocenters. The Morgan fingerprint density at radius 2 is 1.92 bits per heavy atom. The van der Waals surface area contributed by atoms with Gasteiger partial charge in [0, 0.05) is 13.1 Å². The molecule has 0 spiro atoms. The van der Waals surface area contributed by atoms with Gasteiger partial charge in [-0.2, -0.15) is 0 Å². The highest BCUT2D eigenvalue weighted by Gasteiger charge is 2.09. The minimum Gasteiger partial charge on any atom is -0.469 e. The molecule has 4 heteroatoms. The molecular formula is C8H15NO2S. The lowest BCUT2D eigenvalue weighted by molar-refractivity contribution is -0.139. The highest BCUT2D eigenvalue weighted by Crippen LogP contribution is 1.97. The Morgan fingerprint density at radius 1 is 1.42 bits per heavy atom. The van der Waals surface area contributed by atoms with Gasteiger partial charge in [0.25, 0.3) is 0 Å². The van der Waals surface area contributed by atoms with Crippen molar-refractivity contribution in [3.8, 4) is 0 Å². The Balaban J connectivity index is 3.92. The van der Waals surface area contributed by atoms with Crippen LogP contribution in [0.2, 0.25) is 0 Å². The predicted molar refractivity (Wildman–Crippen MR) is 52.2 cm³/mol. The number of esters is 1. The average molecular weight is 189 g/mol. The van der Waals surface area contributed by atoms with Crippen molar-refractivity contribution in [3.05, 3.63) is 0 Å². The van der Waals surface area contributed by atoms with Crippen molar-refractivity contribution in [1.82, 2.24) is 4.90 Å². The van der Waals surface area contributed by atoms with Gasteiger partial charge >= 0.3 is 5.97 Å². The summed E-state index contributed by atoms with van der Waals surface area (Å²) in [6, 6.07) is 0. The number of carbonyl (C=O) groups excluding carboxylic acids is 1. The Kier molecular flexibility index (Phi) is 5.62. The molecule has 3 nitrogen and oxygen atoms in total. The van der Waals surface area contributed by atoms with Gasteiger partial charge in [-0.05, 0) is 13.8 Å². The Bertz CT molecular complexity index is 166. The highest BCUT2D eigenvalue weighted by molar-refractivity contribution is 7.80. The molecule has 0 heterocycles. The first-order valence-corrected chi connectivity index (χ1v) is 4.41. The Morgan fingerprint density at radius 3 is 2.25 bits per heavy atom. The molecular weight excluding hydrogens is 174 g/mol. The van der Waals surface area contributed by atoms with E-state index in [1.807, 2.05) is 18.7 Å². The molecule has 0 aromatic heterocycles. The van der Waals surface area contributed by atoms with Crippen molar-refractivity contribution in [1.29, 1.82) is 0 Å². The van der Waals surface area contributed by atoms with E-state index in [-0.39, 0.29) is 12.4 Å². The summed E-state index contributed by atoms with van der Waals surface area (Å²) in [6.45, 7) is 5.69. The van der Waals surface area contributed by atoms with E-state index in [1.54, 1.807) is 0 Å². The molecule has 0 saturated heterocycles. The standard InChI is InChI=1S/C8H15NO2S/c1-4-9(5-2)7(12)6-8(10)11-3/h4-6H2,1-3H3. The van der Waals surface area contributed by atoms with Crippen molar-refractivity contribution < 1.29 is 9.53 Å². The van der Waals surface area contributed by atoms with E-state index in [9.17, 15) is 4.79 Å². The predicted octanol–water partition coefficient (Wildman–Crippen LogP) is 1.22. The van der Waals surface area contributed by atoms with Gasteiger partial charge in [-0.15, -0.1) is 0 Å². The van der Waals surface area contributed by atoms with E-state index in [0.29, 0.717) is 4.99 Å². The lowest BCUT2D eigenvalue weighted by Crippen LogP contribution is -2.30. The number of hydrogen-bond donors (Lipinski definition) is 0. The van der Waals surface area contributed by atoms with Crippen molar-refractivity contribution in [2.75, 3.05) is 20.2 Å². The van der Waals surface area contributed by atoms with Crippen LogP contribution in [0.25, 0.3) is 0 Å². The number of carbonyl (C=O) groups is 1. The van der Waals surface area contributed by atoms with Crippen LogP contribution in [0.1, 0.15) is 20.3 Å². The second kappa shape index (κ2) is 5.94. The van der Waals surface area contributed by atoms with Crippen molar-refractivity contribution in [3.63, 3.8) is 0 Å². The summed E-state index contributed by atoms with van der Waals surface area (Å²) in [6.07, 6.45) is 0.216. The van der Waals surface area contributed by atoms with Crippen LogP contribution in [-0.2, 0) is 9.53 Å². The number of ether oxygens (including phenoxy) is 1. The molecule has 0 radical (unpaired) electrons. The first-order valence-electron chi connectivity index (χ1n) is 4.00. The van der Waals surface area contributed by atoms with Crippen LogP contribution < -0.4 is 0 Å². The normalized spacial score (nSPS) is 9.25. The lowest BCUT2D eigenvalue weighted by atomic mass is 10.4. The van der Waals surface area contributed by atoms with Gasteiger partial charge in [-0.3, -0.25) is 4.79 Å². The monoisotopic (exact) mass is 189 g/mol. The first kappa shape index (κ1) is 11.4. The van der Waals surface area contributed by atoms with Crippen LogP contribution in [0, 0.1) is 0 Å². The van der Waals surface area contributed by atoms with E-state index in [4.69, 9.17) is 12.2 Å². The van der Waals surface area contributed by atoms with E-state index >= 15 is 0 Å². The van der Waals surface area contributed by atoms with E-state index in [0.717, 1.165) is 13.1 Å². The maximum Gasteiger partial charge on any atom is 0.312 e. The molecule has 0 aromatic carbocycles. The third-order valence-electron chi connectivity index (χ3n) is 1.64. The maximum atomic E-state index is 10.8. The summed E-state index contributed by atoms with van der Waals surface area (Å²) in [5.74, 6) is -0.271. The van der Waals surface area contributed by atoms with Crippen molar-refractivity contribution in [2.45, 2.75) is 20.3 Å². The largest absolute Gasteiger partial charge is 0.469 e. The van der Waals surface area contributed by atoms with Crippen molar-refractivity contribution in [2.24, 2.45) is 0 Å². The van der Waals surface area contributed by atoms with Crippen LogP contribution in [0.15, 0.2) is 0 Å². The topological polar surface area (TPSA) is 29.5 Å². The first-order chi connectivity index (χ1) is 5.65. The number of thiocarbonyl (C=S) groups is 1. The lowest BCUT2D eigenvalue weighted by Gasteiger charge is -2.20. The van der Waals surface area contributed by atoms with E-state index < -0.39 is 0 Å². The molecule has 0 saturated carbocycles. The van der Waals surface area contributed by atoms with Crippen LogP contribution in [-0.4, -0.2) is 36.1 Å². The molecule has 0 aromatic rings. The quantitative estimate of drug-likeness (QED) is 0.491. The zero-order chi connectivity index (χ0) is 9.56. The number of rotatable bonds is 4. The Hall–Kier alpha value is -0.640. The summed E-state index contributed by atoms with van der Waals surface area (Å²) in [4.78, 5) is 13.4. The summed E-state index contributed by atoms with van der Waals surface area (Å²) in [7, 11) is 1.37. The minimum atomic E-state index is -0.271. The van der Waals surface area contributed by atoms with Crippen LogP contribution in [0.5, 0.6) is 0 Å². The number of hydrogen-bond acceptors (Lipinski definition) is 3. The number of methoxy groups -OCH3 is 1. The fourth-order valence-electron chi connectivity index (χ4n) is 0.884. The molecule has 0 rings (SSSR count). The van der Waals surface area contributed by atoms with Gasteiger partial charge in [0.15, 0.2) is 0 Å². The van der Waals surface area contributed by atoms with Crippen LogP contribution in [0.4, 0.5) is 0 Å². The summed E-state index contributed by atoms with van der Waals surface area (Å²) in [5.41, 5.74) is 0. The summed E-state index contributed by atoms with van der Waals surface area (Å²) < 4.78 is 4.51. The van der Waals surface area contributed by atoms with E-state index in [1.165, 1.54) is 7.11 Å². The van der Waals surface area contributed by atoms with Gasteiger partial charge in [0.05, 0.1) is 18.5 Å². The molecule has 0 unspecified atom stereocenters. The SMILES string of the molecule is CCN(CC)C(=S)CC(=O)OC. The second-order valence-corrected chi connectivity index (χ2v) is 2.79. The smallest absolute Gasteiger partial charge is 0.312 e. The molecule has 0 N–H and O–H groups in total. The third kappa shape index (κ3) is 3.67. The molecule has 0 amide bonds. The molecule has 70 valence electrons. The fraction of sp³-hybridized carbons (Fsp3) is 0.750. The molecule has 0 aliphatic carbocycles. The van der Waals surface area contributed by atoms with Gasteiger partial charge < -0.3 is 9.64 Å². The van der Waals surface area contributed by atoms with Crippen molar-refractivity contribution >= 4 is 23.2 Å². The fourth-order valence-corrected chi connectivity index (χ4v) is 1.26. The van der Waals surface area contributed by atoms with Gasteiger partial charge in [-0.1, -0.05) is 12.2 Å². The molecule has 0 bridgehead atoms. The Labute approximate surface area is 78.7 Å². The van der Waals surface area contributed by atoms with Crippen LogP contribution >= 0.6 is 12.2 Å². The molecule has 0 aliphatic heterocycles. The molecule has 0 fully saturated rings. The molecule has 0 aliphatic rings. The minimum absolute atomic E-state index is 0.216. The van der Waals surface area contributed by atoms with Gasteiger partial charge in [0.2, 0.25) is 0 Å². The zero-order valence-corrected chi connectivity index (χ0v) is 8.61. The molecule has 12 heavy (non-hydrogen) atoms. The van der Waals surface area contributed by atoms with Gasteiger partial charge in [0.1, 0.15) is 0 Å². The van der Waals surface area contributed by atoms with Gasteiger partial charge in [-0.25, -0.2) is 0 Å². The average Bonchev–Trinajstić information content (AvgIpc) is 2.06. The van der Waals surface area contributed by atoms with E-state index in [2.05, 4.69) is 4.74 Å². The zero-order valence-electron chi connectivity index (χ0n) is 7.79. The van der Waals surface area contributed by atoms with Crippen LogP contribution in [0.3, 0.4) is 0 Å². The number of nitrogens with zero attached hydrogens (tertiary/aromatic N) is 1. The summed E-state index contributed by atoms with van der Waals surface area (Å²) >= 11 is 5.04. The summed E-state index contributed by atoms with van der Waals surface area (Å²) in [5, 5.41) is 0. The maximum absolute atomic E-state index is 10.8. The third-order valence-corrected chi connectivity index (χ3v) is 2.04. The second-order valence-electron chi connectivity index (χ2n) is 2.32.